The number of amides is 2. The minimum absolute atomic E-state index is 0.111. The van der Waals surface area contributed by atoms with Crippen molar-refractivity contribution in [2.75, 3.05) is 18.5 Å². The Balaban J connectivity index is 1.89. The van der Waals surface area contributed by atoms with Crippen molar-refractivity contribution >= 4 is 52.4 Å². The van der Waals surface area contributed by atoms with E-state index < -0.39 is 59.0 Å². The molecule has 0 aliphatic rings. The highest BCUT2D eigenvalue weighted by Crippen LogP contribution is 2.34. The summed E-state index contributed by atoms with van der Waals surface area (Å²) in [6.07, 6.45) is -4.81. The van der Waals surface area contributed by atoms with Crippen LogP contribution in [0.25, 0.3) is 0 Å². The predicted octanol–water partition coefficient (Wildman–Crippen LogP) is 3.83. The third-order valence-corrected chi connectivity index (χ3v) is 4.47. The van der Waals surface area contributed by atoms with Gasteiger partial charge < -0.3 is 15.4 Å². The summed E-state index contributed by atoms with van der Waals surface area (Å²) in [4.78, 5) is 45.4. The summed E-state index contributed by atoms with van der Waals surface area (Å²) in [6, 6.07) is 5.53. The number of benzene rings is 2. The Labute approximate surface area is 187 Å². The standard InChI is InChI=1S/C18H12Cl2F3N3O6/c19-11-3-1-9(5-12(11)20)17(29)24-7-16(28)32-8-15(27)25-13-4-2-10(18(21,22)23)6-14(13)26(30)31/h1-6H,7-8H2,(H,24,29)(H,25,27). The second-order valence-electron chi connectivity index (χ2n) is 6.01. The zero-order chi connectivity index (χ0) is 24.1. The van der Waals surface area contributed by atoms with Crippen LogP contribution < -0.4 is 10.6 Å². The highest BCUT2D eigenvalue weighted by atomic mass is 35.5. The van der Waals surface area contributed by atoms with E-state index in [4.69, 9.17) is 23.2 Å². The fourth-order valence-electron chi connectivity index (χ4n) is 2.24. The lowest BCUT2D eigenvalue weighted by Crippen LogP contribution is -2.32. The molecule has 0 aliphatic carbocycles. The maximum atomic E-state index is 12.7. The normalized spacial score (nSPS) is 10.9. The van der Waals surface area contributed by atoms with Crippen molar-refractivity contribution < 1.29 is 37.2 Å². The Morgan fingerprint density at radius 3 is 2.34 bits per heavy atom. The Kier molecular flexibility index (Phi) is 8.00. The van der Waals surface area contributed by atoms with Gasteiger partial charge in [-0.1, -0.05) is 23.2 Å². The molecule has 0 heterocycles. The Bertz CT molecular complexity index is 1080. The molecular formula is C18H12Cl2F3N3O6. The van der Waals surface area contributed by atoms with Crippen molar-refractivity contribution in [3.8, 4) is 0 Å². The van der Waals surface area contributed by atoms with Gasteiger partial charge in [0.05, 0.1) is 20.5 Å². The summed E-state index contributed by atoms with van der Waals surface area (Å²) in [5.74, 6) is -2.74. The van der Waals surface area contributed by atoms with Crippen LogP contribution in [0.4, 0.5) is 24.5 Å². The molecule has 0 atom stereocenters. The summed E-state index contributed by atoms with van der Waals surface area (Å²) in [5.41, 5.74) is -2.67. The molecule has 2 aromatic rings. The van der Waals surface area contributed by atoms with Crippen LogP contribution in [0.5, 0.6) is 0 Å². The second-order valence-corrected chi connectivity index (χ2v) is 6.82. The Hall–Kier alpha value is -3.38. The van der Waals surface area contributed by atoms with Crippen LogP contribution in [-0.4, -0.2) is 35.9 Å². The van der Waals surface area contributed by atoms with E-state index in [1.54, 1.807) is 0 Å². The number of ether oxygens (including phenoxy) is 1. The molecule has 2 rings (SSSR count). The van der Waals surface area contributed by atoms with Gasteiger partial charge in [0, 0.05) is 11.6 Å². The first-order valence-corrected chi connectivity index (χ1v) is 9.18. The largest absolute Gasteiger partial charge is 0.454 e. The van der Waals surface area contributed by atoms with Crippen LogP contribution in [0.3, 0.4) is 0 Å². The van der Waals surface area contributed by atoms with Gasteiger partial charge in [-0.05, 0) is 30.3 Å². The quantitative estimate of drug-likeness (QED) is 0.342. The van der Waals surface area contributed by atoms with Gasteiger partial charge in [0.25, 0.3) is 17.5 Å². The van der Waals surface area contributed by atoms with Gasteiger partial charge in [0.1, 0.15) is 12.2 Å². The molecule has 0 saturated carbocycles. The highest BCUT2D eigenvalue weighted by Gasteiger charge is 2.33. The molecule has 2 N–H and O–H groups in total. The van der Waals surface area contributed by atoms with E-state index in [0.717, 1.165) is 0 Å². The molecule has 14 heteroatoms. The lowest BCUT2D eigenvalue weighted by molar-refractivity contribution is -0.384. The third kappa shape index (κ3) is 6.82. The van der Waals surface area contributed by atoms with E-state index in [-0.39, 0.29) is 21.7 Å². The van der Waals surface area contributed by atoms with E-state index >= 15 is 0 Å². The molecule has 2 aromatic carbocycles. The lowest BCUT2D eigenvalue weighted by Gasteiger charge is -2.10. The van der Waals surface area contributed by atoms with Gasteiger partial charge in [-0.3, -0.25) is 24.5 Å². The van der Waals surface area contributed by atoms with Crippen molar-refractivity contribution in [1.82, 2.24) is 5.32 Å². The molecule has 0 fully saturated rings. The number of nitro benzene ring substituents is 1. The van der Waals surface area contributed by atoms with Gasteiger partial charge in [0.15, 0.2) is 6.61 Å². The minimum atomic E-state index is -4.81. The van der Waals surface area contributed by atoms with Crippen molar-refractivity contribution in [2.45, 2.75) is 6.18 Å². The molecule has 0 aliphatic heterocycles. The number of esters is 1. The molecular weight excluding hydrogens is 482 g/mol. The maximum Gasteiger partial charge on any atom is 0.416 e. The van der Waals surface area contributed by atoms with E-state index in [9.17, 15) is 37.7 Å². The number of alkyl halides is 3. The van der Waals surface area contributed by atoms with Gasteiger partial charge >= 0.3 is 12.1 Å². The third-order valence-electron chi connectivity index (χ3n) is 3.74. The van der Waals surface area contributed by atoms with Crippen molar-refractivity contribution in [3.05, 3.63) is 67.7 Å². The average molecular weight is 494 g/mol. The molecule has 0 saturated heterocycles. The number of halogens is 5. The molecule has 2 amide bonds. The van der Waals surface area contributed by atoms with Crippen molar-refractivity contribution in [3.63, 3.8) is 0 Å². The SMILES string of the molecule is O=C(COC(=O)CNC(=O)c1ccc(Cl)c(Cl)c1)Nc1ccc(C(F)(F)F)cc1[N+](=O)[O-]. The number of carbonyl (C=O) groups is 3. The van der Waals surface area contributed by atoms with Gasteiger partial charge in [-0.2, -0.15) is 13.2 Å². The Morgan fingerprint density at radius 2 is 1.75 bits per heavy atom. The monoisotopic (exact) mass is 493 g/mol. The fourth-order valence-corrected chi connectivity index (χ4v) is 2.54. The number of nitrogens with zero attached hydrogens (tertiary/aromatic N) is 1. The number of rotatable bonds is 7. The highest BCUT2D eigenvalue weighted by molar-refractivity contribution is 6.42. The molecule has 0 radical (unpaired) electrons. The van der Waals surface area contributed by atoms with E-state index in [1.807, 2.05) is 5.32 Å². The second kappa shape index (κ2) is 10.3. The topological polar surface area (TPSA) is 128 Å². The van der Waals surface area contributed by atoms with E-state index in [2.05, 4.69) is 10.1 Å². The molecule has 0 bridgehead atoms. The summed E-state index contributed by atoms with van der Waals surface area (Å²) in [6.45, 7) is -1.52. The molecule has 170 valence electrons. The first kappa shape index (κ1) is 24.9. The summed E-state index contributed by atoms with van der Waals surface area (Å²) in [5, 5.41) is 15.6. The summed E-state index contributed by atoms with van der Waals surface area (Å²) >= 11 is 11.5. The number of nitro groups is 1. The molecule has 0 spiro atoms. The zero-order valence-corrected chi connectivity index (χ0v) is 17.2. The zero-order valence-electron chi connectivity index (χ0n) is 15.7. The lowest BCUT2D eigenvalue weighted by atomic mass is 10.1. The van der Waals surface area contributed by atoms with E-state index in [1.165, 1.54) is 18.2 Å². The minimum Gasteiger partial charge on any atom is -0.454 e. The summed E-state index contributed by atoms with van der Waals surface area (Å²) in [7, 11) is 0. The number of nitrogens with one attached hydrogen (secondary N) is 2. The van der Waals surface area contributed by atoms with Gasteiger partial charge in [-0.15, -0.1) is 0 Å². The predicted molar refractivity (Wildman–Crippen MR) is 106 cm³/mol. The first-order valence-electron chi connectivity index (χ1n) is 8.43. The van der Waals surface area contributed by atoms with Crippen LogP contribution in [0.2, 0.25) is 10.0 Å². The smallest absolute Gasteiger partial charge is 0.416 e. The van der Waals surface area contributed by atoms with E-state index in [0.29, 0.717) is 12.1 Å². The number of hydrogen-bond acceptors (Lipinski definition) is 6. The molecule has 9 nitrogen and oxygen atoms in total. The number of carbonyl (C=O) groups excluding carboxylic acids is 3. The fraction of sp³-hybridized carbons (Fsp3) is 0.167. The van der Waals surface area contributed by atoms with Crippen molar-refractivity contribution in [1.29, 1.82) is 0 Å². The number of hydrogen-bond donors (Lipinski definition) is 2. The average Bonchev–Trinajstić information content (AvgIpc) is 2.71. The first-order chi connectivity index (χ1) is 14.9. The van der Waals surface area contributed by atoms with Crippen LogP contribution in [-0.2, 0) is 20.5 Å². The molecule has 32 heavy (non-hydrogen) atoms. The Morgan fingerprint density at radius 1 is 1.06 bits per heavy atom. The number of anilines is 1. The van der Waals surface area contributed by atoms with Crippen LogP contribution in [0, 0.1) is 10.1 Å². The van der Waals surface area contributed by atoms with Crippen LogP contribution >= 0.6 is 23.2 Å². The van der Waals surface area contributed by atoms with Crippen molar-refractivity contribution in [2.24, 2.45) is 0 Å². The van der Waals surface area contributed by atoms with Gasteiger partial charge in [0.2, 0.25) is 0 Å². The summed E-state index contributed by atoms with van der Waals surface area (Å²) < 4.78 is 42.7. The van der Waals surface area contributed by atoms with Crippen LogP contribution in [0.15, 0.2) is 36.4 Å². The maximum absolute atomic E-state index is 12.7. The molecule has 0 unspecified atom stereocenters. The van der Waals surface area contributed by atoms with Gasteiger partial charge in [-0.25, -0.2) is 0 Å². The van der Waals surface area contributed by atoms with Crippen LogP contribution in [0.1, 0.15) is 15.9 Å². The molecule has 0 aromatic heterocycles.